The Morgan fingerprint density at radius 1 is 1.09 bits per heavy atom. The van der Waals surface area contributed by atoms with E-state index in [0.29, 0.717) is 22.4 Å². The molecule has 15 nitrogen and oxygen atoms in total. The van der Waals surface area contributed by atoms with Gasteiger partial charge in [-0.05, 0) is 22.9 Å². The van der Waals surface area contributed by atoms with Crippen LogP contribution in [0.4, 0.5) is 0 Å². The second-order valence-electron chi connectivity index (χ2n) is 7.43. The molecule has 35 heavy (non-hydrogen) atoms. The lowest BCUT2D eigenvalue weighted by Gasteiger charge is -2.17. The highest BCUT2D eigenvalue weighted by Crippen LogP contribution is 2.40. The number of aliphatic hydroxyl groups excluding tert-OH is 1. The summed E-state index contributed by atoms with van der Waals surface area (Å²) in [4.78, 5) is 6.10. The molecule has 1 unspecified atom stereocenters. The summed E-state index contributed by atoms with van der Waals surface area (Å²) in [6.07, 6.45) is -1.19. The molecule has 0 saturated heterocycles. The molecule has 2 heterocycles. The van der Waals surface area contributed by atoms with Crippen LogP contribution in [0.2, 0.25) is 0 Å². The van der Waals surface area contributed by atoms with Gasteiger partial charge in [0.15, 0.2) is 0 Å². The fourth-order valence-electron chi connectivity index (χ4n) is 3.54. The van der Waals surface area contributed by atoms with E-state index in [0.717, 1.165) is 6.07 Å². The van der Waals surface area contributed by atoms with Crippen LogP contribution in [0.15, 0.2) is 40.1 Å². The van der Waals surface area contributed by atoms with Crippen molar-refractivity contribution in [2.45, 2.75) is 22.4 Å². The number of nitrogens with zero attached hydrogens (tertiary/aromatic N) is 4. The zero-order valence-electron chi connectivity index (χ0n) is 18.0. The molecule has 0 radical (unpaired) electrons. The zero-order chi connectivity index (χ0) is 25.4. The number of H-pyrrole nitrogens is 2. The smallest absolute Gasteiger partial charge is 0.242 e. The quantitative estimate of drug-likeness (QED) is 0.128. The number of nitrogens with two attached hydrogens (primary N) is 3. The van der Waals surface area contributed by atoms with Crippen LogP contribution in [0.1, 0.15) is 5.82 Å². The number of rotatable bonds is 9. The molecule has 0 aliphatic heterocycles. The van der Waals surface area contributed by atoms with Gasteiger partial charge in [-0.25, -0.2) is 31.7 Å². The number of aromatic amines is 2. The van der Waals surface area contributed by atoms with Gasteiger partial charge in [-0.15, -0.1) is 10.2 Å². The summed E-state index contributed by atoms with van der Waals surface area (Å²) in [6.45, 7) is -0.529. The molecule has 0 spiro atoms. The number of nitrogens with one attached hydrogen (secondary N) is 3. The number of aliphatic hydroxyl groups is 1. The number of aromatic nitrogens is 6. The van der Waals surface area contributed by atoms with Gasteiger partial charge in [0.2, 0.25) is 25.9 Å². The van der Waals surface area contributed by atoms with E-state index in [1.54, 1.807) is 18.2 Å². The Labute approximate surface area is 199 Å². The summed E-state index contributed by atoms with van der Waals surface area (Å²) in [5.74, 6) is 0.275. The average molecular weight is 523 g/mol. The molecule has 0 amide bonds. The minimum absolute atomic E-state index is 0.131. The molecule has 2 aromatic heterocycles. The van der Waals surface area contributed by atoms with Crippen LogP contribution in [0.5, 0.6) is 0 Å². The topological polar surface area (TPSA) is 262 Å². The first-order chi connectivity index (χ1) is 16.6. The fourth-order valence-corrected chi connectivity index (χ4v) is 6.21. The van der Waals surface area contributed by atoms with Crippen LogP contribution in [-0.4, -0.2) is 71.7 Å². The molecule has 186 valence electrons. The Bertz CT molecular complexity index is 1580. The second kappa shape index (κ2) is 9.38. The highest BCUT2D eigenvalue weighted by Gasteiger charge is 2.32. The highest BCUT2D eigenvalue weighted by molar-refractivity contribution is 7.92. The third kappa shape index (κ3) is 4.78. The molecule has 17 heteroatoms. The average Bonchev–Trinajstić information content (AvgIpc) is 3.50. The number of tetrazole rings is 1. The molecule has 4 rings (SSSR count). The van der Waals surface area contributed by atoms with Crippen LogP contribution < -0.4 is 21.3 Å². The van der Waals surface area contributed by atoms with Crippen LogP contribution in [0.25, 0.3) is 33.5 Å². The van der Waals surface area contributed by atoms with E-state index in [-0.39, 0.29) is 30.0 Å². The van der Waals surface area contributed by atoms with Crippen molar-refractivity contribution in [2.75, 3.05) is 13.1 Å². The molecule has 1 atom stereocenters. The standard InChI is InChI=1S/C18H22N10O5S2/c19-6-9(29)8-22-35(32,33)13-5-4-10(11-2-1-3-12-16(11)24-14(7-20)23-12)15(17(13)34(21,30)31)18-25-27-28-26-18/h1-5,9,22,29H,6-8,19-20H2,(H,23,24)(H2,21,30,31)(H,25,26,27,28). The van der Waals surface area contributed by atoms with E-state index in [9.17, 15) is 21.9 Å². The van der Waals surface area contributed by atoms with Crippen LogP contribution in [0, 0.1) is 0 Å². The van der Waals surface area contributed by atoms with Gasteiger partial charge in [0.1, 0.15) is 15.6 Å². The SMILES string of the molecule is NCc1nc2c(-c3ccc(S(=O)(=O)NCC(O)CN)c(S(N)(=O)=O)c3-c3nn[nH]n3)cccc2[nH]1. The minimum Gasteiger partial charge on any atom is -0.390 e. The Kier molecular flexibility index (Phi) is 6.64. The van der Waals surface area contributed by atoms with Gasteiger partial charge in [0.05, 0.1) is 29.2 Å². The minimum atomic E-state index is -4.68. The third-order valence-electron chi connectivity index (χ3n) is 5.09. The van der Waals surface area contributed by atoms with Crippen molar-refractivity contribution in [3.8, 4) is 22.5 Å². The van der Waals surface area contributed by atoms with Gasteiger partial charge < -0.3 is 21.6 Å². The number of fused-ring (bicyclic) bond motifs is 1. The van der Waals surface area contributed by atoms with Gasteiger partial charge in [-0.2, -0.15) is 5.21 Å². The zero-order valence-corrected chi connectivity index (χ0v) is 19.6. The summed E-state index contributed by atoms with van der Waals surface area (Å²) in [5, 5.41) is 28.6. The first-order valence-electron chi connectivity index (χ1n) is 10.1. The molecule has 2 aromatic carbocycles. The van der Waals surface area contributed by atoms with E-state index in [1.807, 2.05) is 0 Å². The maximum absolute atomic E-state index is 13.1. The molecule has 0 fully saturated rings. The van der Waals surface area contributed by atoms with Crippen LogP contribution in [-0.2, 0) is 26.6 Å². The number of hydrogen-bond donors (Lipinski definition) is 7. The summed E-state index contributed by atoms with van der Waals surface area (Å²) in [5.41, 5.74) is 12.6. The maximum atomic E-state index is 13.1. The molecular weight excluding hydrogens is 500 g/mol. The monoisotopic (exact) mass is 522 g/mol. The number of imidazole rings is 1. The van der Waals surface area contributed by atoms with Gasteiger partial charge in [0.25, 0.3) is 0 Å². The van der Waals surface area contributed by atoms with E-state index >= 15 is 0 Å². The van der Waals surface area contributed by atoms with E-state index in [2.05, 4.69) is 35.3 Å². The number of sulfonamides is 2. The molecule has 10 N–H and O–H groups in total. The summed E-state index contributed by atoms with van der Waals surface area (Å²) in [6, 6.07) is 7.60. The first kappa shape index (κ1) is 24.8. The van der Waals surface area contributed by atoms with Crippen molar-refractivity contribution < 1.29 is 21.9 Å². The van der Waals surface area contributed by atoms with E-state index < -0.39 is 42.5 Å². The number of benzene rings is 2. The number of primary sulfonamides is 1. The Morgan fingerprint density at radius 3 is 2.49 bits per heavy atom. The Hall–Kier alpha value is -3.32. The Morgan fingerprint density at radius 2 is 1.86 bits per heavy atom. The van der Waals surface area contributed by atoms with Crippen LogP contribution in [0.3, 0.4) is 0 Å². The summed E-state index contributed by atoms with van der Waals surface area (Å²) >= 11 is 0. The summed E-state index contributed by atoms with van der Waals surface area (Å²) < 4.78 is 53.9. The largest absolute Gasteiger partial charge is 0.390 e. The van der Waals surface area contributed by atoms with E-state index in [1.165, 1.54) is 6.07 Å². The van der Waals surface area contributed by atoms with Gasteiger partial charge in [0, 0.05) is 18.7 Å². The highest BCUT2D eigenvalue weighted by atomic mass is 32.2. The van der Waals surface area contributed by atoms with Gasteiger partial charge >= 0.3 is 0 Å². The lowest BCUT2D eigenvalue weighted by molar-refractivity contribution is 0.186. The second-order valence-corrected chi connectivity index (χ2v) is 10.7. The Balaban J connectivity index is 2.05. The van der Waals surface area contributed by atoms with Gasteiger partial charge in [-0.1, -0.05) is 18.2 Å². The fraction of sp³-hybridized carbons (Fsp3) is 0.222. The number of para-hydroxylation sites is 1. The predicted molar refractivity (Wildman–Crippen MR) is 124 cm³/mol. The van der Waals surface area contributed by atoms with Crippen molar-refractivity contribution >= 4 is 31.1 Å². The van der Waals surface area contributed by atoms with Crippen molar-refractivity contribution in [3.63, 3.8) is 0 Å². The van der Waals surface area contributed by atoms with Crippen LogP contribution >= 0.6 is 0 Å². The van der Waals surface area contributed by atoms with E-state index in [4.69, 9.17) is 16.6 Å². The first-order valence-corrected chi connectivity index (χ1v) is 13.1. The molecule has 0 aliphatic carbocycles. The van der Waals surface area contributed by atoms with Crippen molar-refractivity contribution in [1.29, 1.82) is 0 Å². The molecule has 0 aliphatic rings. The normalized spacial score (nSPS) is 13.4. The third-order valence-corrected chi connectivity index (χ3v) is 7.68. The summed E-state index contributed by atoms with van der Waals surface area (Å²) in [7, 11) is -9.16. The predicted octanol–water partition coefficient (Wildman–Crippen LogP) is -1.89. The number of hydrogen-bond acceptors (Lipinski definition) is 11. The molecule has 4 aromatic rings. The maximum Gasteiger partial charge on any atom is 0.242 e. The molecular formula is C18H22N10O5S2. The van der Waals surface area contributed by atoms with Crippen molar-refractivity contribution in [3.05, 3.63) is 36.2 Å². The van der Waals surface area contributed by atoms with Crippen molar-refractivity contribution in [2.24, 2.45) is 16.6 Å². The lowest BCUT2D eigenvalue weighted by atomic mass is 9.98. The lowest BCUT2D eigenvalue weighted by Crippen LogP contribution is -2.36. The molecule has 0 saturated carbocycles. The van der Waals surface area contributed by atoms with Gasteiger partial charge in [-0.3, -0.25) is 0 Å². The molecule has 0 bridgehead atoms. The van der Waals surface area contributed by atoms with Crippen molar-refractivity contribution in [1.82, 2.24) is 35.3 Å².